The van der Waals surface area contributed by atoms with Crippen molar-refractivity contribution in [1.29, 1.82) is 0 Å². The Morgan fingerprint density at radius 2 is 1.56 bits per heavy atom. The predicted molar refractivity (Wildman–Crippen MR) is 129 cm³/mol. The molecule has 2 heterocycles. The van der Waals surface area contributed by atoms with Gasteiger partial charge in [0.2, 0.25) is 0 Å². The average Bonchev–Trinajstić information content (AvgIpc) is 3.20. The van der Waals surface area contributed by atoms with Crippen LogP contribution in [0.2, 0.25) is 0 Å². The number of nitrogens with one attached hydrogen (secondary N) is 2. The van der Waals surface area contributed by atoms with Crippen LogP contribution in [0.5, 0.6) is 0 Å². The van der Waals surface area contributed by atoms with Crippen LogP contribution < -0.4 is 10.6 Å². The summed E-state index contributed by atoms with van der Waals surface area (Å²) in [5.41, 5.74) is 2.73. The first kappa shape index (κ1) is 22.2. The van der Waals surface area contributed by atoms with Gasteiger partial charge in [0.1, 0.15) is 0 Å². The van der Waals surface area contributed by atoms with Crippen LogP contribution in [-0.2, 0) is 6.54 Å². The summed E-state index contributed by atoms with van der Waals surface area (Å²) in [6, 6.07) is 15.9. The van der Waals surface area contributed by atoms with Crippen LogP contribution in [0.3, 0.4) is 0 Å². The molecule has 1 aliphatic rings. The highest BCUT2D eigenvalue weighted by Gasteiger charge is 2.22. The normalized spacial score (nSPS) is 18.8. The monoisotopic (exact) mass is 448 g/mol. The molecule has 2 aromatic carbocycles. The number of piperidine rings is 1. The van der Waals surface area contributed by atoms with E-state index >= 15 is 0 Å². The molecule has 1 aromatic heterocycles. The van der Waals surface area contributed by atoms with Crippen LogP contribution in [0.1, 0.15) is 46.7 Å². The van der Waals surface area contributed by atoms with Crippen LogP contribution in [0.25, 0.3) is 0 Å². The molecule has 32 heavy (non-hydrogen) atoms. The minimum absolute atomic E-state index is 0.185. The van der Waals surface area contributed by atoms with Crippen molar-refractivity contribution < 1.29 is 9.59 Å². The fourth-order valence-electron chi connectivity index (χ4n) is 4.25. The zero-order valence-corrected chi connectivity index (χ0v) is 19.2. The molecule has 1 fully saturated rings. The Labute approximate surface area is 192 Å². The van der Waals surface area contributed by atoms with E-state index in [2.05, 4.69) is 34.4 Å². The smallest absolute Gasteiger partial charge is 0.257 e. The molecule has 4 rings (SSSR count). The summed E-state index contributed by atoms with van der Waals surface area (Å²) in [6.07, 6.45) is 1.28. The third-order valence-electron chi connectivity index (χ3n) is 5.54. The van der Waals surface area contributed by atoms with Crippen LogP contribution in [0, 0.1) is 11.8 Å². The number of hydrogen-bond acceptors (Lipinski definition) is 5. The largest absolute Gasteiger partial charge is 0.322 e. The number of nitrogens with zero attached hydrogens (tertiary/aromatic N) is 2. The van der Waals surface area contributed by atoms with Crippen molar-refractivity contribution in [3.05, 3.63) is 76.8 Å². The Balaban J connectivity index is 1.32. The van der Waals surface area contributed by atoms with Gasteiger partial charge in [0.05, 0.1) is 5.69 Å². The molecule has 0 aliphatic carbocycles. The summed E-state index contributed by atoms with van der Waals surface area (Å²) in [7, 11) is 0. The van der Waals surface area contributed by atoms with E-state index in [1.807, 2.05) is 23.6 Å². The highest BCUT2D eigenvalue weighted by molar-refractivity contribution is 7.14. The molecule has 2 amide bonds. The second-order valence-electron chi connectivity index (χ2n) is 8.64. The summed E-state index contributed by atoms with van der Waals surface area (Å²) in [6.45, 7) is 7.60. The van der Waals surface area contributed by atoms with E-state index in [0.29, 0.717) is 33.8 Å². The number of hydrogen-bond donors (Lipinski definition) is 2. The second kappa shape index (κ2) is 10.1. The van der Waals surface area contributed by atoms with Crippen molar-refractivity contribution >= 4 is 34.0 Å². The van der Waals surface area contributed by atoms with Crippen LogP contribution in [0.4, 0.5) is 10.8 Å². The van der Waals surface area contributed by atoms with Gasteiger partial charge in [-0.25, -0.2) is 4.98 Å². The highest BCUT2D eigenvalue weighted by Crippen LogP contribution is 2.24. The molecule has 0 bridgehead atoms. The van der Waals surface area contributed by atoms with Crippen molar-refractivity contribution in [1.82, 2.24) is 9.88 Å². The summed E-state index contributed by atoms with van der Waals surface area (Å²) >= 11 is 1.45. The van der Waals surface area contributed by atoms with Gasteiger partial charge in [-0.1, -0.05) is 32.0 Å². The molecule has 1 aliphatic heterocycles. The number of anilines is 2. The molecule has 166 valence electrons. The predicted octanol–water partition coefficient (Wildman–Crippen LogP) is 5.13. The Hall–Kier alpha value is -3.03. The van der Waals surface area contributed by atoms with Gasteiger partial charge in [0.25, 0.3) is 11.8 Å². The lowest BCUT2D eigenvalue weighted by Crippen LogP contribution is -2.38. The number of benzene rings is 2. The number of carbonyl (C=O) groups excluding carboxylic acids is 2. The minimum Gasteiger partial charge on any atom is -0.322 e. The molecular formula is C25H28N4O2S. The number of thiazole rings is 1. The molecule has 3 aromatic rings. The summed E-state index contributed by atoms with van der Waals surface area (Å²) in [5, 5.41) is 8.34. The van der Waals surface area contributed by atoms with Crippen LogP contribution in [0.15, 0.2) is 60.0 Å². The van der Waals surface area contributed by atoms with Gasteiger partial charge < -0.3 is 5.32 Å². The molecule has 1 saturated heterocycles. The van der Waals surface area contributed by atoms with Gasteiger partial charge >= 0.3 is 0 Å². The zero-order chi connectivity index (χ0) is 22.5. The maximum atomic E-state index is 12.6. The Bertz CT molecular complexity index is 1060. The van der Waals surface area contributed by atoms with Crippen LogP contribution in [-0.4, -0.2) is 34.8 Å². The number of carbonyl (C=O) groups is 2. The van der Waals surface area contributed by atoms with E-state index in [4.69, 9.17) is 0 Å². The van der Waals surface area contributed by atoms with Crippen molar-refractivity contribution in [2.24, 2.45) is 11.8 Å². The third kappa shape index (κ3) is 5.81. The lowest BCUT2D eigenvalue weighted by molar-refractivity contribution is 0.102. The van der Waals surface area contributed by atoms with Gasteiger partial charge in [0.15, 0.2) is 5.13 Å². The number of rotatable bonds is 6. The van der Waals surface area contributed by atoms with Crippen molar-refractivity contribution in [2.75, 3.05) is 23.7 Å². The molecule has 0 saturated carbocycles. The van der Waals surface area contributed by atoms with Crippen molar-refractivity contribution in [2.45, 2.75) is 26.8 Å². The van der Waals surface area contributed by atoms with Gasteiger partial charge in [0, 0.05) is 41.8 Å². The number of aromatic nitrogens is 1. The minimum atomic E-state index is -0.216. The first-order valence-corrected chi connectivity index (χ1v) is 11.8. The summed E-state index contributed by atoms with van der Waals surface area (Å²) in [5.74, 6) is 1.01. The highest BCUT2D eigenvalue weighted by atomic mass is 32.1. The molecule has 2 atom stereocenters. The van der Waals surface area contributed by atoms with Crippen molar-refractivity contribution in [3.63, 3.8) is 0 Å². The lowest BCUT2D eigenvalue weighted by Gasteiger charge is -2.34. The van der Waals surface area contributed by atoms with E-state index in [-0.39, 0.29) is 11.8 Å². The second-order valence-corrected chi connectivity index (χ2v) is 9.49. The van der Waals surface area contributed by atoms with Gasteiger partial charge in [-0.3, -0.25) is 19.8 Å². The fraction of sp³-hybridized carbons (Fsp3) is 0.320. The van der Waals surface area contributed by atoms with E-state index < -0.39 is 0 Å². The Morgan fingerprint density at radius 1 is 0.938 bits per heavy atom. The standard InChI is InChI=1S/C25H28N4O2S/c1-17-12-18(2)14-29(13-17)15-22-16-32-25(27-22)28-24(31)20-8-10-21(11-9-20)26-23(30)19-6-4-3-5-7-19/h3-11,16-18H,12-15H2,1-2H3,(H,26,30)(H,27,28,31). The first-order chi connectivity index (χ1) is 15.5. The maximum absolute atomic E-state index is 12.6. The van der Waals surface area contributed by atoms with Crippen LogP contribution >= 0.6 is 11.3 Å². The molecule has 0 spiro atoms. The van der Waals surface area contributed by atoms with E-state index in [1.54, 1.807) is 36.4 Å². The summed E-state index contributed by atoms with van der Waals surface area (Å²) < 4.78 is 0. The molecule has 2 N–H and O–H groups in total. The zero-order valence-electron chi connectivity index (χ0n) is 18.4. The Morgan fingerprint density at radius 3 is 2.25 bits per heavy atom. The molecule has 2 unspecified atom stereocenters. The lowest BCUT2D eigenvalue weighted by atomic mass is 9.92. The number of likely N-dealkylation sites (tertiary alicyclic amines) is 1. The van der Waals surface area contributed by atoms with Gasteiger partial charge in [-0.05, 0) is 54.7 Å². The maximum Gasteiger partial charge on any atom is 0.257 e. The molecular weight excluding hydrogens is 420 g/mol. The molecule has 6 nitrogen and oxygen atoms in total. The van der Waals surface area contributed by atoms with E-state index in [1.165, 1.54) is 17.8 Å². The van der Waals surface area contributed by atoms with E-state index in [9.17, 15) is 9.59 Å². The van der Waals surface area contributed by atoms with Gasteiger partial charge in [-0.2, -0.15) is 0 Å². The molecule has 7 heteroatoms. The molecule has 0 radical (unpaired) electrons. The van der Waals surface area contributed by atoms with Crippen molar-refractivity contribution in [3.8, 4) is 0 Å². The van der Waals surface area contributed by atoms with Gasteiger partial charge in [-0.15, -0.1) is 11.3 Å². The SMILES string of the molecule is CC1CC(C)CN(Cc2csc(NC(=O)c3ccc(NC(=O)c4ccccc4)cc3)n2)C1. The Kier molecular flexibility index (Phi) is 6.97. The quantitative estimate of drug-likeness (QED) is 0.549. The first-order valence-electron chi connectivity index (χ1n) is 10.9. The van der Waals surface area contributed by atoms with E-state index in [0.717, 1.165) is 25.3 Å². The number of amides is 2. The third-order valence-corrected chi connectivity index (χ3v) is 6.35. The average molecular weight is 449 g/mol. The summed E-state index contributed by atoms with van der Waals surface area (Å²) in [4.78, 5) is 31.9. The topological polar surface area (TPSA) is 74.3 Å². The fourth-order valence-corrected chi connectivity index (χ4v) is 4.95.